The van der Waals surface area contributed by atoms with Crippen molar-refractivity contribution in [2.24, 2.45) is 14.1 Å². The predicted molar refractivity (Wildman–Crippen MR) is 248 cm³/mol. The molecule has 13 nitrogen and oxygen atoms in total. The number of pyridine rings is 1. The Morgan fingerprint density at radius 1 is 1.02 bits per heavy atom. The Morgan fingerprint density at radius 3 is 2.28 bits per heavy atom. The number of halogens is 2. The van der Waals surface area contributed by atoms with E-state index in [0.29, 0.717) is 40.4 Å². The minimum atomic E-state index is -4.46. The number of alkyl carbamates (subject to hydrolysis) is 1. The normalized spacial score (nSPS) is 17.7. The number of carbonyl (C=O) groups is 1. The molecule has 3 atom stereocenters. The van der Waals surface area contributed by atoms with Gasteiger partial charge in [-0.25, -0.2) is 27.0 Å². The van der Waals surface area contributed by atoms with Crippen LogP contribution in [-0.4, -0.2) is 72.9 Å². The lowest BCUT2D eigenvalue weighted by Crippen LogP contribution is -2.50. The Labute approximate surface area is 371 Å². The molecule has 17 heteroatoms. The molecule has 7 rings (SSSR count). The molecule has 1 fully saturated rings. The van der Waals surface area contributed by atoms with Gasteiger partial charge in [-0.05, 0) is 92.3 Å². The molecular weight excluding hydrogens is 929 g/mol. The number of nitrogens with one attached hydrogen (secondary N) is 1. The Kier molecular flexibility index (Phi) is 12.0. The average molecular weight is 984 g/mol. The Hall–Kier alpha value is -4.33. The molecule has 0 spiro atoms. The van der Waals surface area contributed by atoms with E-state index in [1.165, 1.54) is 33.8 Å². The first-order chi connectivity index (χ1) is 28.5. The summed E-state index contributed by atoms with van der Waals surface area (Å²) >= 11 is 2.35. The van der Waals surface area contributed by atoms with Crippen LogP contribution >= 0.6 is 22.6 Å². The summed E-state index contributed by atoms with van der Waals surface area (Å²) in [5, 5.41) is 7.30. The van der Waals surface area contributed by atoms with Gasteiger partial charge >= 0.3 is 11.8 Å². The van der Waals surface area contributed by atoms with E-state index in [2.05, 4.69) is 66.9 Å². The zero-order valence-corrected chi connectivity index (χ0v) is 40.4. The van der Waals surface area contributed by atoms with Crippen LogP contribution < -0.4 is 11.0 Å². The average Bonchev–Trinajstić information content (AvgIpc) is 3.90. The second-order valence-corrected chi connectivity index (χ2v) is 26.1. The predicted octanol–water partition coefficient (Wildman–Crippen LogP) is 9.12. The lowest BCUT2D eigenvalue weighted by Gasteiger charge is -2.40. The third-order valence-electron chi connectivity index (χ3n) is 12.0. The number of aryl methyl sites for hydroxylation is 3. The monoisotopic (exact) mass is 983 g/mol. The number of carbonyl (C=O) groups excluding carboxylic acids is 1. The lowest BCUT2D eigenvalue weighted by molar-refractivity contribution is 0.0457. The highest BCUT2D eigenvalue weighted by molar-refractivity contribution is 14.1. The molecule has 0 saturated heterocycles. The zero-order valence-electron chi connectivity index (χ0n) is 36.4. The SMILES string of the molecule is Cn1cc(-c2c(-c3ccc(CCCI)cc3)c3c(ncc4c3n([C@H]3C[C@H](NC(=O)OC(C)(C)C)[C@H](O[Si](C)(C)C(C)(C)C)C3)c(=O)n4C)n2S(=O)(=O)c2ccccc2)c(F)n1. The molecule has 61 heavy (non-hydrogen) atoms. The first kappa shape index (κ1) is 44.7. The lowest BCUT2D eigenvalue weighted by atomic mass is 9.97. The Balaban J connectivity index is 1.55. The van der Waals surface area contributed by atoms with Crippen LogP contribution in [0.15, 0.2) is 76.7 Å². The van der Waals surface area contributed by atoms with E-state index in [4.69, 9.17) is 14.1 Å². The van der Waals surface area contributed by atoms with Crippen LogP contribution in [0, 0.1) is 5.95 Å². The largest absolute Gasteiger partial charge is 0.444 e. The van der Waals surface area contributed by atoms with E-state index in [1.807, 2.05) is 24.3 Å². The van der Waals surface area contributed by atoms with Crippen LogP contribution in [0.3, 0.4) is 0 Å². The van der Waals surface area contributed by atoms with Crippen LogP contribution in [-0.2, 0) is 39.7 Å². The summed E-state index contributed by atoms with van der Waals surface area (Å²) in [5.41, 5.74) is 1.88. The fourth-order valence-electron chi connectivity index (χ4n) is 8.05. The summed E-state index contributed by atoms with van der Waals surface area (Å²) in [6.07, 6.45) is 4.40. The van der Waals surface area contributed by atoms with Crippen molar-refractivity contribution in [3.63, 3.8) is 0 Å². The minimum Gasteiger partial charge on any atom is -0.444 e. The smallest absolute Gasteiger partial charge is 0.407 e. The van der Waals surface area contributed by atoms with E-state index in [1.54, 1.807) is 57.6 Å². The second-order valence-electron chi connectivity index (χ2n) is 18.5. The van der Waals surface area contributed by atoms with Crippen LogP contribution in [0.2, 0.25) is 18.1 Å². The molecule has 1 N–H and O–H groups in total. The summed E-state index contributed by atoms with van der Waals surface area (Å²) in [6.45, 7) is 16.1. The molecular formula is C44H55FIN7O6SSi. The van der Waals surface area contributed by atoms with Gasteiger partial charge in [0.1, 0.15) is 5.60 Å². The first-order valence-corrected chi connectivity index (χ1v) is 26.4. The van der Waals surface area contributed by atoms with Gasteiger partial charge in [0, 0.05) is 31.9 Å². The van der Waals surface area contributed by atoms with Crippen LogP contribution in [0.5, 0.6) is 0 Å². The van der Waals surface area contributed by atoms with Gasteiger partial charge in [-0.15, -0.1) is 5.10 Å². The van der Waals surface area contributed by atoms with Crippen molar-refractivity contribution in [1.82, 2.24) is 33.2 Å². The van der Waals surface area contributed by atoms with Crippen molar-refractivity contribution in [3.05, 3.63) is 89.0 Å². The van der Waals surface area contributed by atoms with E-state index < -0.39 is 54.2 Å². The van der Waals surface area contributed by atoms with Gasteiger partial charge in [0.2, 0.25) is 5.95 Å². The van der Waals surface area contributed by atoms with Gasteiger partial charge in [-0.3, -0.25) is 13.8 Å². The maximum absolute atomic E-state index is 16.2. The number of amides is 1. The number of benzene rings is 2. The number of aromatic nitrogens is 6. The van der Waals surface area contributed by atoms with Crippen LogP contribution in [0.1, 0.15) is 72.4 Å². The first-order valence-electron chi connectivity index (χ1n) is 20.5. The number of ether oxygens (including phenoxy) is 1. The molecule has 326 valence electrons. The molecule has 6 aromatic rings. The third kappa shape index (κ3) is 8.46. The third-order valence-corrected chi connectivity index (χ3v) is 18.9. The minimum absolute atomic E-state index is 0.0217. The van der Waals surface area contributed by atoms with Gasteiger partial charge in [-0.1, -0.05) is 85.8 Å². The van der Waals surface area contributed by atoms with E-state index in [-0.39, 0.29) is 32.5 Å². The number of hydrogen-bond donors (Lipinski definition) is 1. The molecule has 0 radical (unpaired) electrons. The summed E-state index contributed by atoms with van der Waals surface area (Å²) in [7, 11) is -3.65. The van der Waals surface area contributed by atoms with Crippen molar-refractivity contribution in [2.45, 2.75) is 114 Å². The number of alkyl halides is 1. The standard InChI is InChI=1S/C44H55FIN7O6SSi/c1-43(2,3)58-41(54)48-32-23-29(24-34(32)59-61(9,10)44(4,5)6)52-38-33(51(8)42(52)55)25-47-40-36(38)35(28-20-18-27(19-21-28)15-14-22-46)37(31-26-50(7)49-39(31)45)53(40)60(56,57)30-16-12-11-13-17-30/h11-13,16-21,25-26,29,32,34H,14-15,22-24H2,1-10H3,(H,48,54)/t29-,32-,34+/m0/s1. The maximum atomic E-state index is 16.2. The summed E-state index contributed by atoms with van der Waals surface area (Å²) in [4.78, 5) is 32.9. The highest BCUT2D eigenvalue weighted by Gasteiger charge is 2.46. The highest BCUT2D eigenvalue weighted by atomic mass is 127. The molecule has 4 aromatic heterocycles. The second kappa shape index (κ2) is 16.4. The number of imidazole rings is 1. The van der Waals surface area contributed by atoms with Gasteiger partial charge in [-0.2, -0.15) is 4.39 Å². The molecule has 0 aliphatic heterocycles. The number of fused-ring (bicyclic) bond motifs is 3. The van der Waals surface area contributed by atoms with Crippen molar-refractivity contribution >= 4 is 69.1 Å². The molecule has 2 aromatic carbocycles. The topological polar surface area (TPSA) is 144 Å². The molecule has 0 bridgehead atoms. The van der Waals surface area contributed by atoms with Crippen LogP contribution in [0.4, 0.5) is 9.18 Å². The zero-order chi connectivity index (χ0) is 44.4. The molecule has 1 aliphatic rings. The molecule has 1 saturated carbocycles. The van der Waals surface area contributed by atoms with Gasteiger partial charge in [0.15, 0.2) is 14.0 Å². The molecule has 0 unspecified atom stereocenters. The van der Waals surface area contributed by atoms with Crippen LogP contribution in [0.25, 0.3) is 44.5 Å². The van der Waals surface area contributed by atoms with Gasteiger partial charge in [0.05, 0.1) is 50.9 Å². The number of rotatable bonds is 11. The summed E-state index contributed by atoms with van der Waals surface area (Å²) < 4.78 is 65.7. The maximum Gasteiger partial charge on any atom is 0.407 e. The van der Waals surface area contributed by atoms with Gasteiger partial charge < -0.3 is 14.5 Å². The number of hydrogen-bond acceptors (Lipinski definition) is 8. The summed E-state index contributed by atoms with van der Waals surface area (Å²) in [6, 6.07) is 14.7. The molecule has 4 heterocycles. The van der Waals surface area contributed by atoms with E-state index in [0.717, 1.165) is 26.8 Å². The summed E-state index contributed by atoms with van der Waals surface area (Å²) in [5.74, 6) is -0.867. The van der Waals surface area contributed by atoms with Crippen molar-refractivity contribution < 1.29 is 26.8 Å². The van der Waals surface area contributed by atoms with Crippen molar-refractivity contribution in [3.8, 4) is 22.4 Å². The quantitative estimate of drug-likeness (QED) is 0.0770. The van der Waals surface area contributed by atoms with Gasteiger partial charge in [0.25, 0.3) is 10.0 Å². The fourth-order valence-corrected chi connectivity index (χ4v) is 11.3. The number of nitrogens with zero attached hydrogens (tertiary/aromatic N) is 6. The highest BCUT2D eigenvalue weighted by Crippen LogP contribution is 2.47. The molecule has 1 amide bonds. The van der Waals surface area contributed by atoms with E-state index >= 15 is 12.8 Å². The molecule has 1 aliphatic carbocycles. The van der Waals surface area contributed by atoms with Crippen molar-refractivity contribution in [1.29, 1.82) is 0 Å². The Bertz CT molecular complexity index is 2780. The van der Waals surface area contributed by atoms with E-state index in [9.17, 15) is 9.59 Å². The Morgan fingerprint density at radius 2 is 1.69 bits per heavy atom. The van der Waals surface area contributed by atoms with Crippen molar-refractivity contribution in [2.75, 3.05) is 4.43 Å². The fraction of sp³-hybridized carbons (Fsp3) is 0.455.